The standard InChI is InChI=1S/C19H15NO3S/c21-13-15-11-10-14(24-15)7-3-1-2-6-12-20-18(22)16-8-4-5-9-17(16)19(20)23/h4-5,8-11,13H,1-2,6,12H2. The quantitative estimate of drug-likeness (QED) is 0.364. The molecule has 0 N–H and O–H groups in total. The predicted octanol–water partition coefficient (Wildman–Crippen LogP) is 3.38. The first-order chi connectivity index (χ1) is 11.7. The van der Waals surface area contributed by atoms with Crippen LogP contribution in [0.1, 0.15) is 54.5 Å². The van der Waals surface area contributed by atoms with Crippen molar-refractivity contribution in [2.24, 2.45) is 0 Å². The fraction of sp³-hybridized carbons (Fsp3) is 0.211. The van der Waals surface area contributed by atoms with Gasteiger partial charge in [-0.1, -0.05) is 24.0 Å². The number of aldehydes is 1. The number of fused-ring (bicyclic) bond motifs is 1. The smallest absolute Gasteiger partial charge is 0.261 e. The molecule has 2 heterocycles. The van der Waals surface area contributed by atoms with Crippen LogP contribution < -0.4 is 0 Å². The van der Waals surface area contributed by atoms with Crippen LogP contribution in [0, 0.1) is 11.8 Å². The molecule has 0 atom stereocenters. The number of thiophene rings is 1. The average Bonchev–Trinajstić information content (AvgIpc) is 3.16. The zero-order chi connectivity index (χ0) is 16.9. The van der Waals surface area contributed by atoms with Crippen LogP contribution in [0.2, 0.25) is 0 Å². The third kappa shape index (κ3) is 3.29. The van der Waals surface area contributed by atoms with Gasteiger partial charge in [0, 0.05) is 13.0 Å². The van der Waals surface area contributed by atoms with E-state index in [-0.39, 0.29) is 11.8 Å². The molecule has 120 valence electrons. The summed E-state index contributed by atoms with van der Waals surface area (Å²) in [6, 6.07) is 10.5. The van der Waals surface area contributed by atoms with Crippen LogP contribution in [-0.4, -0.2) is 29.5 Å². The molecule has 2 amide bonds. The topological polar surface area (TPSA) is 54.5 Å². The Morgan fingerprint density at radius 1 is 1.00 bits per heavy atom. The number of hydrogen-bond acceptors (Lipinski definition) is 4. The molecule has 0 spiro atoms. The van der Waals surface area contributed by atoms with E-state index in [1.54, 1.807) is 30.3 Å². The number of amides is 2. The summed E-state index contributed by atoms with van der Waals surface area (Å²) in [6.07, 6.45) is 3.05. The largest absolute Gasteiger partial charge is 0.297 e. The van der Waals surface area contributed by atoms with E-state index in [2.05, 4.69) is 11.8 Å². The lowest BCUT2D eigenvalue weighted by molar-refractivity contribution is 0.0651. The van der Waals surface area contributed by atoms with Crippen LogP contribution in [0.3, 0.4) is 0 Å². The van der Waals surface area contributed by atoms with Gasteiger partial charge in [-0.15, -0.1) is 11.3 Å². The second kappa shape index (κ2) is 7.24. The minimum Gasteiger partial charge on any atom is -0.297 e. The Balaban J connectivity index is 1.47. The molecule has 4 nitrogen and oxygen atoms in total. The van der Waals surface area contributed by atoms with Crippen molar-refractivity contribution in [3.05, 3.63) is 57.3 Å². The third-order valence-corrected chi connectivity index (χ3v) is 4.69. The van der Waals surface area contributed by atoms with Crippen LogP contribution in [0.5, 0.6) is 0 Å². The lowest BCUT2D eigenvalue weighted by Crippen LogP contribution is -2.30. The van der Waals surface area contributed by atoms with Gasteiger partial charge in [0.2, 0.25) is 0 Å². The highest BCUT2D eigenvalue weighted by Crippen LogP contribution is 2.22. The van der Waals surface area contributed by atoms with Crippen LogP contribution in [0.25, 0.3) is 0 Å². The lowest BCUT2D eigenvalue weighted by atomic mass is 10.1. The zero-order valence-corrected chi connectivity index (χ0v) is 13.8. The number of unbranched alkanes of at least 4 members (excludes halogenated alkanes) is 2. The maximum absolute atomic E-state index is 12.2. The van der Waals surface area contributed by atoms with E-state index < -0.39 is 0 Å². The first kappa shape index (κ1) is 16.2. The van der Waals surface area contributed by atoms with E-state index >= 15 is 0 Å². The molecule has 0 radical (unpaired) electrons. The summed E-state index contributed by atoms with van der Waals surface area (Å²) in [4.78, 5) is 37.8. The molecular formula is C19H15NO3S. The summed E-state index contributed by atoms with van der Waals surface area (Å²) in [5, 5.41) is 0. The summed E-state index contributed by atoms with van der Waals surface area (Å²) in [5.74, 6) is 5.67. The maximum atomic E-state index is 12.2. The number of carbonyl (C=O) groups is 3. The van der Waals surface area contributed by atoms with E-state index in [1.165, 1.54) is 16.2 Å². The highest BCUT2D eigenvalue weighted by atomic mass is 32.1. The van der Waals surface area contributed by atoms with Gasteiger partial charge in [0.25, 0.3) is 11.8 Å². The lowest BCUT2D eigenvalue weighted by Gasteiger charge is -2.12. The number of benzene rings is 1. The van der Waals surface area contributed by atoms with Gasteiger partial charge in [0.1, 0.15) is 0 Å². The van der Waals surface area contributed by atoms with Gasteiger partial charge < -0.3 is 0 Å². The molecule has 0 saturated carbocycles. The maximum Gasteiger partial charge on any atom is 0.261 e. The molecule has 0 aliphatic carbocycles. The van der Waals surface area contributed by atoms with Crippen molar-refractivity contribution in [1.29, 1.82) is 0 Å². The molecule has 0 saturated heterocycles. The van der Waals surface area contributed by atoms with E-state index in [1.807, 2.05) is 6.07 Å². The molecule has 1 aliphatic heterocycles. The Bertz CT molecular complexity index is 822. The van der Waals surface area contributed by atoms with Gasteiger partial charge in [-0.25, -0.2) is 0 Å². The van der Waals surface area contributed by atoms with Crippen molar-refractivity contribution in [1.82, 2.24) is 4.90 Å². The van der Waals surface area contributed by atoms with Crippen molar-refractivity contribution in [3.63, 3.8) is 0 Å². The number of rotatable bonds is 5. The second-order valence-electron chi connectivity index (χ2n) is 5.39. The van der Waals surface area contributed by atoms with E-state index in [0.717, 1.165) is 24.0 Å². The van der Waals surface area contributed by atoms with E-state index in [4.69, 9.17) is 0 Å². The highest BCUT2D eigenvalue weighted by Gasteiger charge is 2.34. The summed E-state index contributed by atoms with van der Waals surface area (Å²) in [7, 11) is 0. The minimum absolute atomic E-state index is 0.207. The van der Waals surface area contributed by atoms with Crippen molar-refractivity contribution in [3.8, 4) is 11.8 Å². The van der Waals surface area contributed by atoms with Gasteiger partial charge in [0.15, 0.2) is 6.29 Å². The Kier molecular flexibility index (Phi) is 4.88. The molecule has 1 aromatic carbocycles. The summed E-state index contributed by atoms with van der Waals surface area (Å²) in [5.41, 5.74) is 0.983. The summed E-state index contributed by atoms with van der Waals surface area (Å²) < 4.78 is 0. The SMILES string of the molecule is O=Cc1ccc(C#CCCCCN2C(=O)c3ccccc3C2=O)s1. The molecule has 5 heteroatoms. The van der Waals surface area contributed by atoms with Crippen LogP contribution >= 0.6 is 11.3 Å². The molecule has 24 heavy (non-hydrogen) atoms. The monoisotopic (exact) mass is 337 g/mol. The predicted molar refractivity (Wildman–Crippen MR) is 92.2 cm³/mol. The molecular weight excluding hydrogens is 322 g/mol. The van der Waals surface area contributed by atoms with Crippen molar-refractivity contribution in [2.75, 3.05) is 6.54 Å². The van der Waals surface area contributed by atoms with Crippen molar-refractivity contribution in [2.45, 2.75) is 19.3 Å². The van der Waals surface area contributed by atoms with E-state index in [9.17, 15) is 14.4 Å². The molecule has 1 aliphatic rings. The third-order valence-electron chi connectivity index (χ3n) is 3.77. The molecule has 0 fully saturated rings. The van der Waals surface area contributed by atoms with Crippen molar-refractivity contribution < 1.29 is 14.4 Å². The van der Waals surface area contributed by atoms with Crippen molar-refractivity contribution >= 4 is 29.4 Å². The second-order valence-corrected chi connectivity index (χ2v) is 6.50. The molecule has 2 aromatic rings. The average molecular weight is 337 g/mol. The van der Waals surface area contributed by atoms with E-state index in [0.29, 0.717) is 29.0 Å². The molecule has 3 rings (SSSR count). The van der Waals surface area contributed by atoms with Gasteiger partial charge in [-0.2, -0.15) is 0 Å². The Hall–Kier alpha value is -2.71. The molecule has 0 bridgehead atoms. The van der Waals surface area contributed by atoms with Gasteiger partial charge in [-0.05, 0) is 37.1 Å². The first-order valence-corrected chi connectivity index (χ1v) is 8.51. The number of hydrogen-bond donors (Lipinski definition) is 0. The zero-order valence-electron chi connectivity index (χ0n) is 13.0. The number of imide groups is 1. The first-order valence-electron chi connectivity index (χ1n) is 7.70. The number of nitrogens with zero attached hydrogens (tertiary/aromatic N) is 1. The number of carbonyl (C=O) groups excluding carboxylic acids is 3. The Labute approximate surface area is 144 Å². The fourth-order valence-corrected chi connectivity index (χ4v) is 3.26. The molecule has 0 unspecified atom stereocenters. The molecule has 1 aromatic heterocycles. The van der Waals surface area contributed by atoms with Crippen LogP contribution in [0.15, 0.2) is 36.4 Å². The Morgan fingerprint density at radius 2 is 1.71 bits per heavy atom. The van der Waals surface area contributed by atoms with Crippen LogP contribution in [0.4, 0.5) is 0 Å². The minimum atomic E-state index is -0.207. The fourth-order valence-electron chi connectivity index (χ4n) is 2.56. The van der Waals surface area contributed by atoms with Gasteiger partial charge >= 0.3 is 0 Å². The summed E-state index contributed by atoms with van der Waals surface area (Å²) >= 11 is 1.37. The summed E-state index contributed by atoms with van der Waals surface area (Å²) in [6.45, 7) is 0.419. The van der Waals surface area contributed by atoms with Gasteiger partial charge in [-0.3, -0.25) is 19.3 Å². The van der Waals surface area contributed by atoms with Gasteiger partial charge in [0.05, 0.1) is 20.9 Å². The normalized spacial score (nSPS) is 12.8. The van der Waals surface area contributed by atoms with Crippen LogP contribution in [-0.2, 0) is 0 Å². The highest BCUT2D eigenvalue weighted by molar-refractivity contribution is 7.14. The Morgan fingerprint density at radius 3 is 2.33 bits per heavy atom.